The van der Waals surface area contributed by atoms with Gasteiger partial charge in [0.2, 0.25) is 0 Å². The molecule has 2 bridgehead atoms. The van der Waals surface area contributed by atoms with E-state index < -0.39 is 5.97 Å². The van der Waals surface area contributed by atoms with E-state index in [1.165, 1.54) is 0 Å². The summed E-state index contributed by atoms with van der Waals surface area (Å²) >= 11 is 0. The molecule has 4 heterocycles. The molecule has 1 amide bonds. The third-order valence-corrected chi connectivity index (χ3v) is 5.04. The zero-order chi connectivity index (χ0) is 21.0. The Labute approximate surface area is 166 Å². The Morgan fingerprint density at radius 3 is 2.76 bits per heavy atom. The van der Waals surface area contributed by atoms with Crippen LogP contribution in [-0.2, 0) is 21.4 Å². The van der Waals surface area contributed by atoms with Gasteiger partial charge in [-0.2, -0.15) is 0 Å². The molecule has 2 aromatic rings. The molecule has 0 aromatic carbocycles. The van der Waals surface area contributed by atoms with Crippen LogP contribution in [0.3, 0.4) is 0 Å². The van der Waals surface area contributed by atoms with Crippen LogP contribution in [0.15, 0.2) is 18.6 Å². The number of hydrogen-bond donors (Lipinski definition) is 2. The topological polar surface area (TPSA) is 138 Å². The van der Waals surface area contributed by atoms with E-state index in [0.29, 0.717) is 49.6 Å². The molecule has 2 N–H and O–H groups in total. The first-order valence-electron chi connectivity index (χ1n) is 9.11. The molecule has 2 saturated heterocycles. The van der Waals surface area contributed by atoms with E-state index in [-0.39, 0.29) is 30.9 Å². The number of carboxylic acid groups (broad SMARTS) is 2. The molecule has 2 fully saturated rings. The zero-order valence-electron chi connectivity index (χ0n) is 16.0. The monoisotopic (exact) mass is 405 g/mol. The predicted molar refractivity (Wildman–Crippen MR) is 100 cm³/mol. The van der Waals surface area contributed by atoms with Crippen molar-refractivity contribution >= 4 is 29.5 Å². The van der Waals surface area contributed by atoms with E-state index in [4.69, 9.17) is 14.6 Å². The Bertz CT molecular complexity index is 900. The Balaban J connectivity index is 0.000000755. The van der Waals surface area contributed by atoms with Crippen molar-refractivity contribution in [2.24, 2.45) is 13.0 Å². The number of carboxylic acids is 1. The first kappa shape index (κ1) is 20.7. The van der Waals surface area contributed by atoms with Crippen LogP contribution < -0.4 is 0 Å². The number of amides is 1. The van der Waals surface area contributed by atoms with E-state index in [2.05, 4.69) is 9.97 Å². The second kappa shape index (κ2) is 8.97. The maximum atomic E-state index is 13.2. The van der Waals surface area contributed by atoms with Crippen LogP contribution in [-0.4, -0.2) is 98.3 Å². The summed E-state index contributed by atoms with van der Waals surface area (Å²) in [6, 6.07) is 1.58. The number of imidazole rings is 1. The summed E-state index contributed by atoms with van der Waals surface area (Å²) in [5, 5.41) is 16.1. The lowest BCUT2D eigenvalue weighted by molar-refractivity contribution is -0.139. The first-order chi connectivity index (χ1) is 13.9. The number of aryl methyl sites for hydroxylation is 1. The van der Waals surface area contributed by atoms with Crippen LogP contribution in [0.4, 0.5) is 0 Å². The fourth-order valence-electron chi connectivity index (χ4n) is 3.83. The highest BCUT2D eigenvalue weighted by Crippen LogP contribution is 2.23. The van der Waals surface area contributed by atoms with Gasteiger partial charge in [-0.3, -0.25) is 19.3 Å². The maximum absolute atomic E-state index is 13.2. The smallest absolute Gasteiger partial charge is 0.317 e. The van der Waals surface area contributed by atoms with Gasteiger partial charge in [0.25, 0.3) is 12.4 Å². The average Bonchev–Trinajstić information content (AvgIpc) is 2.83. The molecule has 11 nitrogen and oxygen atoms in total. The van der Waals surface area contributed by atoms with Crippen molar-refractivity contribution in [3.63, 3.8) is 0 Å². The van der Waals surface area contributed by atoms with Crippen LogP contribution in [0.25, 0.3) is 11.2 Å². The second-order valence-corrected chi connectivity index (χ2v) is 7.08. The lowest BCUT2D eigenvalue weighted by Gasteiger charge is -2.30. The minimum Gasteiger partial charge on any atom is -0.483 e. The Kier molecular flexibility index (Phi) is 6.39. The van der Waals surface area contributed by atoms with E-state index in [1.54, 1.807) is 23.2 Å². The molecule has 4 rings (SSSR count). The van der Waals surface area contributed by atoms with Crippen LogP contribution in [0, 0.1) is 5.92 Å². The highest BCUT2D eigenvalue weighted by atomic mass is 16.5. The van der Waals surface area contributed by atoms with Gasteiger partial charge in [-0.15, -0.1) is 0 Å². The van der Waals surface area contributed by atoms with Crippen molar-refractivity contribution < 1.29 is 29.3 Å². The SMILES string of the molecule is Cn1cnc2c(C(=O)N3C[C@@H]4COC[C@H](C3)N(CC(=O)O)C4)ccnc21.O=CO. The van der Waals surface area contributed by atoms with E-state index in [1.807, 2.05) is 16.8 Å². The van der Waals surface area contributed by atoms with Crippen LogP contribution in [0.5, 0.6) is 0 Å². The summed E-state index contributed by atoms with van der Waals surface area (Å²) in [7, 11) is 1.84. The molecular weight excluding hydrogens is 382 g/mol. The van der Waals surface area contributed by atoms with Crippen molar-refractivity contribution in [2.45, 2.75) is 6.04 Å². The predicted octanol–water partition coefficient (Wildman–Crippen LogP) is -0.473. The normalized spacial score (nSPS) is 21.8. The molecule has 156 valence electrons. The lowest BCUT2D eigenvalue weighted by Crippen LogP contribution is -2.47. The fraction of sp³-hybridized carbons (Fsp3) is 0.500. The molecule has 2 aromatic heterocycles. The van der Waals surface area contributed by atoms with Crippen LogP contribution >= 0.6 is 0 Å². The Hall–Kier alpha value is -3.05. The molecule has 2 atom stereocenters. The lowest BCUT2D eigenvalue weighted by atomic mass is 10.1. The Morgan fingerprint density at radius 2 is 2.03 bits per heavy atom. The summed E-state index contributed by atoms with van der Waals surface area (Å²) in [4.78, 5) is 45.1. The number of aliphatic carboxylic acids is 1. The minimum atomic E-state index is -0.861. The molecule has 0 spiro atoms. The van der Waals surface area contributed by atoms with Crippen LogP contribution in [0.1, 0.15) is 10.4 Å². The summed E-state index contributed by atoms with van der Waals surface area (Å²) in [5.41, 5.74) is 1.79. The molecule has 0 aliphatic carbocycles. The summed E-state index contributed by atoms with van der Waals surface area (Å²) < 4.78 is 7.47. The van der Waals surface area contributed by atoms with Gasteiger partial charge in [-0.25, -0.2) is 9.97 Å². The number of nitrogens with zero attached hydrogens (tertiary/aromatic N) is 5. The summed E-state index contributed by atoms with van der Waals surface area (Å²) in [6.45, 7) is 2.29. The van der Waals surface area contributed by atoms with Crippen molar-refractivity contribution in [1.82, 2.24) is 24.3 Å². The standard InChI is InChI=1S/C17H21N5O4.CH2O2/c1-20-10-19-15-13(2-3-18-16(15)20)17(25)22-5-11-4-21(7-14(23)24)12(6-22)9-26-8-11;2-1-3/h2-3,10-12H,4-9H2,1H3,(H,23,24);1H,(H,2,3)/t11-,12+;/m1./s1. The number of carbonyl (C=O) groups is 3. The quantitative estimate of drug-likeness (QED) is 0.649. The molecule has 29 heavy (non-hydrogen) atoms. The fourth-order valence-corrected chi connectivity index (χ4v) is 3.83. The van der Waals surface area contributed by atoms with Crippen molar-refractivity contribution in [3.8, 4) is 0 Å². The molecule has 2 aliphatic rings. The second-order valence-electron chi connectivity index (χ2n) is 7.08. The van der Waals surface area contributed by atoms with Gasteiger partial charge < -0.3 is 24.4 Å². The summed E-state index contributed by atoms with van der Waals surface area (Å²) in [6.07, 6.45) is 3.27. The molecule has 0 unspecified atom stereocenters. The molecular formula is C18H23N5O6. The molecule has 0 radical (unpaired) electrons. The summed E-state index contributed by atoms with van der Waals surface area (Å²) in [5.74, 6) is -0.864. The number of ether oxygens (including phenoxy) is 1. The molecule has 11 heteroatoms. The van der Waals surface area contributed by atoms with E-state index in [9.17, 15) is 14.7 Å². The Morgan fingerprint density at radius 1 is 1.28 bits per heavy atom. The van der Waals surface area contributed by atoms with E-state index in [0.717, 1.165) is 0 Å². The number of fused-ring (bicyclic) bond motifs is 4. The van der Waals surface area contributed by atoms with Crippen molar-refractivity contribution in [3.05, 3.63) is 24.2 Å². The van der Waals surface area contributed by atoms with Crippen LogP contribution in [0.2, 0.25) is 0 Å². The van der Waals surface area contributed by atoms with Gasteiger partial charge in [0, 0.05) is 38.8 Å². The maximum Gasteiger partial charge on any atom is 0.317 e. The van der Waals surface area contributed by atoms with Crippen molar-refractivity contribution in [2.75, 3.05) is 39.4 Å². The van der Waals surface area contributed by atoms with Crippen molar-refractivity contribution in [1.29, 1.82) is 0 Å². The van der Waals surface area contributed by atoms with Gasteiger partial charge in [-0.1, -0.05) is 0 Å². The molecule has 0 saturated carbocycles. The van der Waals surface area contributed by atoms with Gasteiger partial charge in [0.15, 0.2) is 5.65 Å². The average molecular weight is 405 g/mol. The minimum absolute atomic E-state index is 0.0354. The number of hydrogen-bond acceptors (Lipinski definition) is 7. The van der Waals surface area contributed by atoms with Gasteiger partial charge in [-0.05, 0) is 6.07 Å². The van der Waals surface area contributed by atoms with E-state index >= 15 is 0 Å². The van der Waals surface area contributed by atoms with Gasteiger partial charge in [0.1, 0.15) is 5.52 Å². The number of rotatable bonds is 3. The third-order valence-electron chi connectivity index (χ3n) is 5.04. The largest absolute Gasteiger partial charge is 0.483 e. The molecule has 2 aliphatic heterocycles. The zero-order valence-corrected chi connectivity index (χ0v) is 16.0. The third kappa shape index (κ3) is 4.51. The number of pyridine rings is 1. The number of carbonyl (C=O) groups excluding carboxylic acids is 1. The van der Waals surface area contributed by atoms with Gasteiger partial charge >= 0.3 is 5.97 Å². The number of aromatic nitrogens is 3. The highest BCUT2D eigenvalue weighted by molar-refractivity contribution is 6.04. The highest BCUT2D eigenvalue weighted by Gasteiger charge is 2.36. The van der Waals surface area contributed by atoms with Gasteiger partial charge in [0.05, 0.1) is 37.7 Å². The first-order valence-corrected chi connectivity index (χ1v) is 9.11.